The van der Waals surface area contributed by atoms with Crippen LogP contribution in [0.3, 0.4) is 0 Å². The van der Waals surface area contributed by atoms with Gasteiger partial charge in [-0.3, -0.25) is 4.79 Å². The summed E-state index contributed by atoms with van der Waals surface area (Å²) >= 11 is 1.52. The number of carbonyl (C=O) groups excluding carboxylic acids is 1. The number of rotatable bonds is 3. The summed E-state index contributed by atoms with van der Waals surface area (Å²) in [7, 11) is 0. The highest BCUT2D eigenvalue weighted by atomic mass is 32.1. The first-order valence-corrected chi connectivity index (χ1v) is 7.50. The van der Waals surface area contributed by atoms with E-state index in [2.05, 4.69) is 0 Å². The van der Waals surface area contributed by atoms with Crippen LogP contribution in [-0.4, -0.2) is 34.0 Å². The molecule has 1 aromatic heterocycles. The van der Waals surface area contributed by atoms with Crippen LogP contribution in [0.1, 0.15) is 30.1 Å². The second-order valence-electron chi connectivity index (χ2n) is 5.04. The fourth-order valence-electron chi connectivity index (χ4n) is 2.82. The lowest BCUT2D eigenvalue weighted by Crippen LogP contribution is -2.66. The van der Waals surface area contributed by atoms with Crippen LogP contribution in [0.5, 0.6) is 0 Å². The molecule has 2 aromatic rings. The number of carboxylic acid groups (broad SMARTS) is 1. The Morgan fingerprint density at radius 1 is 1.40 bits per heavy atom. The zero-order valence-electron chi connectivity index (χ0n) is 11.1. The van der Waals surface area contributed by atoms with Crippen LogP contribution in [-0.2, 0) is 4.79 Å². The Hall–Kier alpha value is -1.88. The molecule has 1 unspecified atom stereocenters. The number of hydrogen-bond acceptors (Lipinski definition) is 3. The minimum atomic E-state index is -1.01. The maximum absolute atomic E-state index is 12.7. The monoisotopic (exact) mass is 289 g/mol. The van der Waals surface area contributed by atoms with Crippen molar-refractivity contribution in [2.75, 3.05) is 6.54 Å². The Morgan fingerprint density at radius 3 is 2.75 bits per heavy atom. The zero-order valence-corrected chi connectivity index (χ0v) is 11.9. The normalized spacial score (nSPS) is 21.8. The van der Waals surface area contributed by atoms with Crippen LogP contribution in [0.4, 0.5) is 0 Å². The molecule has 4 nitrogen and oxygen atoms in total. The van der Waals surface area contributed by atoms with Crippen LogP contribution >= 0.6 is 11.3 Å². The zero-order chi connectivity index (χ0) is 14.3. The molecule has 104 valence electrons. The Balaban J connectivity index is 1.99. The molecule has 1 atom stereocenters. The summed E-state index contributed by atoms with van der Waals surface area (Å²) < 4.78 is 1.05. The second-order valence-corrected chi connectivity index (χ2v) is 5.95. The van der Waals surface area contributed by atoms with E-state index in [9.17, 15) is 14.7 Å². The van der Waals surface area contributed by atoms with E-state index in [-0.39, 0.29) is 5.91 Å². The van der Waals surface area contributed by atoms with Gasteiger partial charge in [-0.05, 0) is 18.9 Å². The van der Waals surface area contributed by atoms with Gasteiger partial charge in [-0.25, -0.2) is 4.79 Å². The van der Waals surface area contributed by atoms with E-state index >= 15 is 0 Å². The molecule has 1 aliphatic heterocycles. The van der Waals surface area contributed by atoms with Gasteiger partial charge in [0.05, 0.1) is 5.56 Å². The number of hydrogen-bond donors (Lipinski definition) is 1. The highest BCUT2D eigenvalue weighted by Crippen LogP contribution is 2.37. The number of aliphatic carboxylic acids is 1. The van der Waals surface area contributed by atoms with E-state index in [0.29, 0.717) is 24.9 Å². The van der Waals surface area contributed by atoms with Crippen LogP contribution < -0.4 is 0 Å². The summed E-state index contributed by atoms with van der Waals surface area (Å²) in [5, 5.41) is 12.2. The third kappa shape index (κ3) is 1.66. The lowest BCUT2D eigenvalue weighted by Gasteiger charge is -2.49. The molecule has 1 N–H and O–H groups in total. The molecular formula is C15H15NO3S. The van der Waals surface area contributed by atoms with Crippen molar-refractivity contribution in [3.05, 3.63) is 35.2 Å². The predicted molar refractivity (Wildman–Crippen MR) is 78.1 cm³/mol. The van der Waals surface area contributed by atoms with E-state index in [4.69, 9.17) is 0 Å². The van der Waals surface area contributed by atoms with Gasteiger partial charge in [0.25, 0.3) is 5.91 Å². The smallest absolute Gasteiger partial charge is 0.329 e. The average molecular weight is 289 g/mol. The molecule has 0 bridgehead atoms. The van der Waals surface area contributed by atoms with Gasteiger partial charge in [0.1, 0.15) is 5.54 Å². The molecular weight excluding hydrogens is 274 g/mol. The molecule has 0 spiro atoms. The number of likely N-dealkylation sites (tertiary alicyclic amines) is 1. The van der Waals surface area contributed by atoms with E-state index < -0.39 is 11.5 Å². The van der Waals surface area contributed by atoms with Gasteiger partial charge in [-0.2, -0.15) is 0 Å². The van der Waals surface area contributed by atoms with Crippen molar-refractivity contribution < 1.29 is 14.7 Å². The lowest BCUT2D eigenvalue weighted by atomic mass is 9.81. The third-order valence-electron chi connectivity index (χ3n) is 4.21. The number of carbonyl (C=O) groups is 2. The van der Waals surface area contributed by atoms with Gasteiger partial charge in [0, 0.05) is 22.0 Å². The SMILES string of the molecule is CCC1(C(=O)O)CCN1C(=O)c1csc2ccccc12. The van der Waals surface area contributed by atoms with Gasteiger partial charge < -0.3 is 10.0 Å². The number of nitrogens with zero attached hydrogens (tertiary/aromatic N) is 1. The molecule has 0 saturated carbocycles. The van der Waals surface area contributed by atoms with Gasteiger partial charge in [0.2, 0.25) is 0 Å². The molecule has 2 heterocycles. The molecule has 1 saturated heterocycles. The maximum atomic E-state index is 12.7. The second kappa shape index (κ2) is 4.59. The van der Waals surface area contributed by atoms with Crippen LogP contribution in [0.25, 0.3) is 10.1 Å². The number of benzene rings is 1. The Kier molecular flexibility index (Phi) is 3.01. The molecule has 0 radical (unpaired) electrons. The summed E-state index contributed by atoms with van der Waals surface area (Å²) in [6.45, 7) is 2.34. The number of carboxylic acids is 1. The molecule has 20 heavy (non-hydrogen) atoms. The van der Waals surface area contributed by atoms with Gasteiger partial charge in [-0.1, -0.05) is 25.1 Å². The highest BCUT2D eigenvalue weighted by Gasteiger charge is 2.52. The van der Waals surface area contributed by atoms with E-state index in [0.717, 1.165) is 10.1 Å². The van der Waals surface area contributed by atoms with E-state index in [1.54, 1.807) is 0 Å². The summed E-state index contributed by atoms with van der Waals surface area (Å²) in [6.07, 6.45) is 0.975. The number of amides is 1. The molecule has 1 aromatic carbocycles. The molecule has 5 heteroatoms. The van der Waals surface area contributed by atoms with Gasteiger partial charge >= 0.3 is 5.97 Å². The van der Waals surface area contributed by atoms with Crippen molar-refractivity contribution in [2.45, 2.75) is 25.3 Å². The van der Waals surface area contributed by atoms with Crippen molar-refractivity contribution in [1.29, 1.82) is 0 Å². The fourth-order valence-corrected chi connectivity index (χ4v) is 3.75. The molecule has 1 fully saturated rings. The maximum Gasteiger partial charge on any atom is 0.329 e. The first-order valence-electron chi connectivity index (χ1n) is 6.62. The summed E-state index contributed by atoms with van der Waals surface area (Å²) in [5.41, 5.74) is -0.399. The minimum absolute atomic E-state index is 0.169. The van der Waals surface area contributed by atoms with Crippen LogP contribution in [0.15, 0.2) is 29.6 Å². The standard InChI is InChI=1S/C15H15NO3S/c1-2-15(14(18)19)7-8-16(15)13(17)11-9-20-12-6-4-3-5-10(11)12/h3-6,9H,2,7-8H2,1H3,(H,18,19). The van der Waals surface area contributed by atoms with Crippen LogP contribution in [0.2, 0.25) is 0 Å². The van der Waals surface area contributed by atoms with Crippen molar-refractivity contribution in [1.82, 2.24) is 4.90 Å². The molecule has 0 aliphatic carbocycles. The van der Waals surface area contributed by atoms with Crippen molar-refractivity contribution >= 4 is 33.3 Å². The fraction of sp³-hybridized carbons (Fsp3) is 0.333. The Labute approximate surface area is 120 Å². The largest absolute Gasteiger partial charge is 0.479 e. The minimum Gasteiger partial charge on any atom is -0.479 e. The van der Waals surface area contributed by atoms with Crippen molar-refractivity contribution in [2.24, 2.45) is 0 Å². The van der Waals surface area contributed by atoms with E-state index in [1.807, 2.05) is 36.6 Å². The number of fused-ring (bicyclic) bond motifs is 1. The Bertz CT molecular complexity index is 689. The summed E-state index contributed by atoms with van der Waals surface area (Å²) in [5.74, 6) is -1.07. The summed E-state index contributed by atoms with van der Waals surface area (Å²) in [6, 6.07) is 7.71. The molecule has 3 rings (SSSR count). The highest BCUT2D eigenvalue weighted by molar-refractivity contribution is 7.17. The topological polar surface area (TPSA) is 57.6 Å². The van der Waals surface area contributed by atoms with Crippen LogP contribution in [0, 0.1) is 0 Å². The first kappa shape index (κ1) is 13.1. The van der Waals surface area contributed by atoms with Crippen molar-refractivity contribution in [3.8, 4) is 0 Å². The molecule has 1 aliphatic rings. The van der Waals surface area contributed by atoms with Gasteiger partial charge in [0.15, 0.2) is 0 Å². The van der Waals surface area contributed by atoms with Crippen molar-refractivity contribution in [3.63, 3.8) is 0 Å². The van der Waals surface area contributed by atoms with Gasteiger partial charge in [-0.15, -0.1) is 11.3 Å². The average Bonchev–Trinajstić information content (AvgIpc) is 2.82. The lowest BCUT2D eigenvalue weighted by molar-refractivity contribution is -0.157. The third-order valence-corrected chi connectivity index (χ3v) is 5.17. The first-order chi connectivity index (χ1) is 9.60. The van der Waals surface area contributed by atoms with E-state index in [1.165, 1.54) is 16.2 Å². The molecule has 1 amide bonds. The Morgan fingerprint density at radius 2 is 2.15 bits per heavy atom. The summed E-state index contributed by atoms with van der Waals surface area (Å²) in [4.78, 5) is 25.6. The quantitative estimate of drug-likeness (QED) is 0.945. The predicted octanol–water partition coefficient (Wildman–Crippen LogP) is 2.98. The number of thiophene rings is 1.